The molecule has 1 unspecified atom stereocenters. The lowest BCUT2D eigenvalue weighted by Crippen LogP contribution is -2.19. The van der Waals surface area contributed by atoms with Gasteiger partial charge in [-0.05, 0) is 18.8 Å². The molecule has 12 heavy (non-hydrogen) atoms. The van der Waals surface area contributed by atoms with Crippen molar-refractivity contribution in [2.75, 3.05) is 0 Å². The summed E-state index contributed by atoms with van der Waals surface area (Å²) < 4.78 is 0. The summed E-state index contributed by atoms with van der Waals surface area (Å²) in [5.41, 5.74) is 5.85. The minimum atomic E-state index is 0.319. The van der Waals surface area contributed by atoms with Gasteiger partial charge in [-0.1, -0.05) is 26.7 Å². The molecule has 0 saturated heterocycles. The Morgan fingerprint density at radius 2 is 1.92 bits per heavy atom. The molecule has 1 heteroatoms. The van der Waals surface area contributed by atoms with Crippen molar-refractivity contribution < 1.29 is 0 Å². The Labute approximate surface area is 76.7 Å². The molecule has 0 radical (unpaired) electrons. The molecule has 1 nitrogen and oxygen atoms in total. The molecule has 0 spiro atoms. The van der Waals surface area contributed by atoms with Crippen molar-refractivity contribution >= 4 is 0 Å². The summed E-state index contributed by atoms with van der Waals surface area (Å²) in [6.07, 6.45) is 10.6. The van der Waals surface area contributed by atoms with Crippen LogP contribution in [-0.4, -0.2) is 6.04 Å². The number of rotatable bonds is 6. The number of hydrogen-bond acceptors (Lipinski definition) is 1. The zero-order valence-electron chi connectivity index (χ0n) is 8.34. The van der Waals surface area contributed by atoms with Gasteiger partial charge in [0.1, 0.15) is 0 Å². The predicted molar refractivity (Wildman–Crippen MR) is 54.7 cm³/mol. The van der Waals surface area contributed by atoms with Crippen LogP contribution in [0.4, 0.5) is 0 Å². The van der Waals surface area contributed by atoms with Crippen molar-refractivity contribution in [1.29, 1.82) is 0 Å². The van der Waals surface area contributed by atoms with E-state index < -0.39 is 0 Å². The van der Waals surface area contributed by atoms with E-state index in [1.165, 1.54) is 12.8 Å². The molecule has 0 aromatic heterocycles. The van der Waals surface area contributed by atoms with Gasteiger partial charge in [-0.25, -0.2) is 0 Å². The third-order valence-electron chi connectivity index (χ3n) is 2.02. The van der Waals surface area contributed by atoms with Crippen LogP contribution in [0.15, 0.2) is 0 Å². The molecular formula is C11H21N. The van der Waals surface area contributed by atoms with E-state index in [-0.39, 0.29) is 0 Å². The van der Waals surface area contributed by atoms with E-state index in [0.717, 1.165) is 25.2 Å². The minimum absolute atomic E-state index is 0.319. The molecule has 0 rings (SSSR count). The number of hydrogen-bond donors (Lipinski definition) is 1. The maximum Gasteiger partial charge on any atom is 0.0101 e. The van der Waals surface area contributed by atoms with Gasteiger partial charge in [0.05, 0.1) is 0 Å². The zero-order valence-corrected chi connectivity index (χ0v) is 8.34. The molecule has 70 valence electrons. The zero-order chi connectivity index (χ0) is 9.40. The van der Waals surface area contributed by atoms with Crippen molar-refractivity contribution in [3.63, 3.8) is 0 Å². The molecule has 0 heterocycles. The fourth-order valence-electron chi connectivity index (χ4n) is 1.20. The summed E-state index contributed by atoms with van der Waals surface area (Å²) in [6.45, 7) is 4.49. The second kappa shape index (κ2) is 7.18. The lowest BCUT2D eigenvalue weighted by atomic mass is 10.0. The summed E-state index contributed by atoms with van der Waals surface area (Å²) in [5.74, 6) is 3.41. The summed E-state index contributed by atoms with van der Waals surface area (Å²) >= 11 is 0. The van der Waals surface area contributed by atoms with Gasteiger partial charge in [0.25, 0.3) is 0 Å². The van der Waals surface area contributed by atoms with E-state index in [1.807, 2.05) is 0 Å². The first-order valence-electron chi connectivity index (χ1n) is 4.86. The van der Waals surface area contributed by atoms with Crippen LogP contribution in [0.5, 0.6) is 0 Å². The molecule has 0 aliphatic rings. The smallest absolute Gasteiger partial charge is 0.0101 e. The standard InChI is InChI=1S/C11H21N/c1-4-5-8-11(12)9-6-7-10(2)3/h1,10-11H,5-9,12H2,2-3H3. The third-order valence-corrected chi connectivity index (χ3v) is 2.02. The number of nitrogens with two attached hydrogens (primary N) is 1. The molecule has 0 fully saturated rings. The fraction of sp³-hybridized carbons (Fsp3) is 0.818. The highest BCUT2D eigenvalue weighted by molar-refractivity contribution is 4.84. The van der Waals surface area contributed by atoms with Crippen molar-refractivity contribution in [3.8, 4) is 12.3 Å². The van der Waals surface area contributed by atoms with Gasteiger partial charge in [0.15, 0.2) is 0 Å². The normalized spacial score (nSPS) is 12.9. The van der Waals surface area contributed by atoms with Gasteiger partial charge in [0, 0.05) is 12.5 Å². The average molecular weight is 167 g/mol. The molecule has 0 aromatic rings. The Bertz CT molecular complexity index is 132. The van der Waals surface area contributed by atoms with Crippen molar-refractivity contribution in [2.24, 2.45) is 11.7 Å². The first kappa shape index (κ1) is 11.5. The van der Waals surface area contributed by atoms with E-state index in [1.54, 1.807) is 0 Å². The Kier molecular flexibility index (Phi) is 6.90. The summed E-state index contributed by atoms with van der Waals surface area (Å²) in [4.78, 5) is 0. The largest absolute Gasteiger partial charge is 0.328 e. The highest BCUT2D eigenvalue weighted by atomic mass is 14.6. The van der Waals surface area contributed by atoms with Crippen LogP contribution in [0.3, 0.4) is 0 Å². The highest BCUT2D eigenvalue weighted by Crippen LogP contribution is 2.09. The predicted octanol–water partition coefficient (Wildman–Crippen LogP) is 2.55. The van der Waals surface area contributed by atoms with Gasteiger partial charge >= 0.3 is 0 Å². The Morgan fingerprint density at radius 1 is 1.25 bits per heavy atom. The van der Waals surface area contributed by atoms with Crippen LogP contribution < -0.4 is 5.73 Å². The van der Waals surface area contributed by atoms with E-state index in [4.69, 9.17) is 12.2 Å². The van der Waals surface area contributed by atoms with Gasteiger partial charge in [-0.15, -0.1) is 12.3 Å². The van der Waals surface area contributed by atoms with Crippen molar-refractivity contribution in [1.82, 2.24) is 0 Å². The average Bonchev–Trinajstić information content (AvgIpc) is 2.00. The highest BCUT2D eigenvalue weighted by Gasteiger charge is 2.01. The van der Waals surface area contributed by atoms with Gasteiger partial charge in [-0.2, -0.15) is 0 Å². The summed E-state index contributed by atoms with van der Waals surface area (Å²) in [6, 6.07) is 0.319. The van der Waals surface area contributed by atoms with E-state index in [9.17, 15) is 0 Å². The maximum absolute atomic E-state index is 5.85. The van der Waals surface area contributed by atoms with E-state index >= 15 is 0 Å². The molecule has 2 N–H and O–H groups in total. The second-order valence-corrected chi connectivity index (χ2v) is 3.83. The fourth-order valence-corrected chi connectivity index (χ4v) is 1.20. The van der Waals surface area contributed by atoms with Crippen molar-refractivity contribution in [3.05, 3.63) is 0 Å². The molecule has 0 aliphatic heterocycles. The van der Waals surface area contributed by atoms with Crippen molar-refractivity contribution in [2.45, 2.75) is 52.0 Å². The molecule has 0 bridgehead atoms. The molecule has 1 atom stereocenters. The quantitative estimate of drug-likeness (QED) is 0.604. The number of terminal acetylenes is 1. The van der Waals surface area contributed by atoms with Crippen LogP contribution in [-0.2, 0) is 0 Å². The monoisotopic (exact) mass is 167 g/mol. The SMILES string of the molecule is C#CCCC(N)CCCC(C)C. The molecule has 0 amide bonds. The Hall–Kier alpha value is -0.480. The van der Waals surface area contributed by atoms with E-state index in [2.05, 4.69) is 19.8 Å². The van der Waals surface area contributed by atoms with Crippen LogP contribution in [0.25, 0.3) is 0 Å². The lowest BCUT2D eigenvalue weighted by Gasteiger charge is -2.10. The van der Waals surface area contributed by atoms with Crippen LogP contribution in [0, 0.1) is 18.3 Å². The summed E-state index contributed by atoms with van der Waals surface area (Å²) in [7, 11) is 0. The summed E-state index contributed by atoms with van der Waals surface area (Å²) in [5, 5.41) is 0. The van der Waals surface area contributed by atoms with E-state index in [0.29, 0.717) is 6.04 Å². The lowest BCUT2D eigenvalue weighted by molar-refractivity contribution is 0.485. The Morgan fingerprint density at radius 3 is 2.42 bits per heavy atom. The second-order valence-electron chi connectivity index (χ2n) is 3.83. The van der Waals surface area contributed by atoms with Gasteiger partial charge in [-0.3, -0.25) is 0 Å². The topological polar surface area (TPSA) is 26.0 Å². The van der Waals surface area contributed by atoms with Crippen LogP contribution >= 0.6 is 0 Å². The molecule has 0 aromatic carbocycles. The third kappa shape index (κ3) is 7.63. The Balaban J connectivity index is 3.20. The molecular weight excluding hydrogens is 146 g/mol. The first-order chi connectivity index (χ1) is 5.66. The van der Waals surface area contributed by atoms with Crippen LogP contribution in [0.1, 0.15) is 46.0 Å². The van der Waals surface area contributed by atoms with Gasteiger partial charge < -0.3 is 5.73 Å². The molecule has 0 saturated carbocycles. The molecule has 0 aliphatic carbocycles. The van der Waals surface area contributed by atoms with Gasteiger partial charge in [0.2, 0.25) is 0 Å². The minimum Gasteiger partial charge on any atom is -0.328 e. The van der Waals surface area contributed by atoms with Crippen LogP contribution in [0.2, 0.25) is 0 Å². The first-order valence-corrected chi connectivity index (χ1v) is 4.86. The maximum atomic E-state index is 5.85.